The molecule has 0 fully saturated rings. The number of hydrogen-bond donors (Lipinski definition) is 1. The van der Waals surface area contributed by atoms with Gasteiger partial charge in [0.15, 0.2) is 0 Å². The zero-order chi connectivity index (χ0) is 9.52. The molecule has 0 bridgehead atoms. The minimum atomic E-state index is -0.831. The SMILES string of the molecule is [O-][S+](CCCO)Cc1ccccc1. The first kappa shape index (κ1) is 10.6. The first-order valence-corrected chi connectivity index (χ1v) is 5.81. The second-order valence-electron chi connectivity index (χ2n) is 2.85. The Morgan fingerprint density at radius 2 is 1.92 bits per heavy atom. The zero-order valence-electron chi connectivity index (χ0n) is 7.48. The van der Waals surface area contributed by atoms with E-state index >= 15 is 0 Å². The van der Waals surface area contributed by atoms with Crippen LogP contribution in [-0.4, -0.2) is 22.0 Å². The van der Waals surface area contributed by atoms with Crippen LogP contribution in [0.4, 0.5) is 0 Å². The summed E-state index contributed by atoms with van der Waals surface area (Å²) >= 11 is -0.831. The van der Waals surface area contributed by atoms with Gasteiger partial charge in [-0.2, -0.15) is 0 Å². The fourth-order valence-electron chi connectivity index (χ4n) is 1.06. The van der Waals surface area contributed by atoms with Gasteiger partial charge < -0.3 is 9.66 Å². The molecule has 72 valence electrons. The van der Waals surface area contributed by atoms with E-state index in [2.05, 4.69) is 0 Å². The number of benzene rings is 1. The van der Waals surface area contributed by atoms with Gasteiger partial charge in [0.25, 0.3) is 0 Å². The maximum atomic E-state index is 11.4. The highest BCUT2D eigenvalue weighted by molar-refractivity contribution is 7.90. The maximum absolute atomic E-state index is 11.4. The van der Waals surface area contributed by atoms with Crippen molar-refractivity contribution < 1.29 is 9.66 Å². The fourth-order valence-corrected chi connectivity index (χ4v) is 2.22. The summed E-state index contributed by atoms with van der Waals surface area (Å²) < 4.78 is 11.4. The smallest absolute Gasteiger partial charge is 0.130 e. The number of aliphatic hydroxyl groups is 1. The Hall–Kier alpha value is -0.510. The number of aliphatic hydroxyl groups excluding tert-OH is 1. The van der Waals surface area contributed by atoms with Gasteiger partial charge in [0.05, 0.1) is 0 Å². The Morgan fingerprint density at radius 1 is 1.23 bits per heavy atom. The molecule has 1 aromatic rings. The average Bonchev–Trinajstić information content (AvgIpc) is 2.16. The van der Waals surface area contributed by atoms with Crippen molar-refractivity contribution in [3.63, 3.8) is 0 Å². The molecule has 0 aliphatic carbocycles. The van der Waals surface area contributed by atoms with Crippen LogP contribution in [0.25, 0.3) is 0 Å². The lowest BCUT2D eigenvalue weighted by Crippen LogP contribution is -2.10. The van der Waals surface area contributed by atoms with Crippen molar-refractivity contribution in [2.24, 2.45) is 0 Å². The van der Waals surface area contributed by atoms with Gasteiger partial charge in [-0.3, -0.25) is 0 Å². The lowest BCUT2D eigenvalue weighted by molar-refractivity contribution is 0.295. The molecule has 1 unspecified atom stereocenters. The van der Waals surface area contributed by atoms with E-state index in [1.807, 2.05) is 30.3 Å². The van der Waals surface area contributed by atoms with Gasteiger partial charge in [-0.25, -0.2) is 0 Å². The van der Waals surface area contributed by atoms with Crippen LogP contribution in [0.3, 0.4) is 0 Å². The van der Waals surface area contributed by atoms with Crippen LogP contribution in [0, 0.1) is 0 Å². The maximum Gasteiger partial charge on any atom is 0.130 e. The third kappa shape index (κ3) is 4.31. The standard InChI is InChI=1S/C10H14O2S/c11-7-4-8-13(12)9-10-5-2-1-3-6-10/h1-3,5-6,11H,4,7-9H2. The van der Waals surface area contributed by atoms with E-state index in [1.54, 1.807) is 0 Å². The van der Waals surface area contributed by atoms with E-state index in [-0.39, 0.29) is 6.61 Å². The summed E-state index contributed by atoms with van der Waals surface area (Å²) in [6.45, 7) is 0.126. The van der Waals surface area contributed by atoms with E-state index in [1.165, 1.54) is 0 Å². The normalized spacial score (nSPS) is 12.8. The third-order valence-corrected chi connectivity index (χ3v) is 3.10. The van der Waals surface area contributed by atoms with Crippen LogP contribution in [0.5, 0.6) is 0 Å². The lowest BCUT2D eigenvalue weighted by atomic mass is 10.2. The van der Waals surface area contributed by atoms with Gasteiger partial charge >= 0.3 is 0 Å². The van der Waals surface area contributed by atoms with Crippen LogP contribution in [0.2, 0.25) is 0 Å². The van der Waals surface area contributed by atoms with Gasteiger partial charge in [0.1, 0.15) is 11.5 Å². The minimum Gasteiger partial charge on any atom is -0.616 e. The third-order valence-electron chi connectivity index (χ3n) is 1.70. The molecule has 0 aromatic heterocycles. The van der Waals surface area contributed by atoms with Crippen molar-refractivity contribution in [1.82, 2.24) is 0 Å². The predicted molar refractivity (Wildman–Crippen MR) is 54.9 cm³/mol. The van der Waals surface area contributed by atoms with Gasteiger partial charge in [0, 0.05) is 18.6 Å². The Kier molecular flexibility index (Phi) is 4.90. The van der Waals surface area contributed by atoms with Crippen LogP contribution in [-0.2, 0) is 16.9 Å². The molecule has 13 heavy (non-hydrogen) atoms. The molecule has 0 radical (unpaired) electrons. The summed E-state index contributed by atoms with van der Waals surface area (Å²) in [5.74, 6) is 1.19. The van der Waals surface area contributed by atoms with Crippen molar-refractivity contribution in [3.8, 4) is 0 Å². The highest BCUT2D eigenvalue weighted by Crippen LogP contribution is 2.06. The molecule has 0 amide bonds. The van der Waals surface area contributed by atoms with Crippen LogP contribution < -0.4 is 0 Å². The number of rotatable bonds is 5. The molecule has 0 aliphatic rings. The molecule has 0 aliphatic heterocycles. The van der Waals surface area contributed by atoms with E-state index in [0.717, 1.165) is 5.56 Å². The highest BCUT2D eigenvalue weighted by Gasteiger charge is 2.05. The summed E-state index contributed by atoms with van der Waals surface area (Å²) in [6, 6.07) is 9.77. The molecule has 2 nitrogen and oxygen atoms in total. The quantitative estimate of drug-likeness (QED) is 0.725. The van der Waals surface area contributed by atoms with Crippen LogP contribution >= 0.6 is 0 Å². The molecule has 1 aromatic carbocycles. The van der Waals surface area contributed by atoms with E-state index in [9.17, 15) is 4.55 Å². The minimum absolute atomic E-state index is 0.126. The van der Waals surface area contributed by atoms with Crippen molar-refractivity contribution >= 4 is 11.2 Å². The van der Waals surface area contributed by atoms with Crippen LogP contribution in [0.15, 0.2) is 30.3 Å². The molecule has 0 heterocycles. The molecule has 0 spiro atoms. The van der Waals surface area contributed by atoms with E-state index < -0.39 is 11.2 Å². The fraction of sp³-hybridized carbons (Fsp3) is 0.400. The Balaban J connectivity index is 2.32. The zero-order valence-corrected chi connectivity index (χ0v) is 8.30. The predicted octanol–water partition coefficient (Wildman–Crippen LogP) is 1.32. The van der Waals surface area contributed by atoms with E-state index in [0.29, 0.717) is 17.9 Å². The second-order valence-corrected chi connectivity index (χ2v) is 4.43. The molecule has 0 saturated heterocycles. The summed E-state index contributed by atoms with van der Waals surface area (Å²) in [5, 5.41) is 8.55. The average molecular weight is 198 g/mol. The topological polar surface area (TPSA) is 43.3 Å². The largest absolute Gasteiger partial charge is 0.616 e. The van der Waals surface area contributed by atoms with Gasteiger partial charge in [0.2, 0.25) is 0 Å². The van der Waals surface area contributed by atoms with Gasteiger partial charge in [-0.1, -0.05) is 30.3 Å². The van der Waals surface area contributed by atoms with Gasteiger partial charge in [-0.05, 0) is 11.2 Å². The molecule has 0 saturated carbocycles. The molecule has 3 heteroatoms. The molecular weight excluding hydrogens is 184 g/mol. The van der Waals surface area contributed by atoms with Gasteiger partial charge in [-0.15, -0.1) is 0 Å². The Labute approximate surface area is 81.8 Å². The Morgan fingerprint density at radius 3 is 2.54 bits per heavy atom. The second kappa shape index (κ2) is 6.02. The summed E-state index contributed by atoms with van der Waals surface area (Å²) in [4.78, 5) is 0. The summed E-state index contributed by atoms with van der Waals surface area (Å²) in [7, 11) is 0. The van der Waals surface area contributed by atoms with Crippen LogP contribution in [0.1, 0.15) is 12.0 Å². The van der Waals surface area contributed by atoms with E-state index in [4.69, 9.17) is 5.11 Å². The van der Waals surface area contributed by atoms with Crippen molar-refractivity contribution in [1.29, 1.82) is 0 Å². The molecule has 1 rings (SSSR count). The molecular formula is C10H14O2S. The van der Waals surface area contributed by atoms with Crippen molar-refractivity contribution in [2.45, 2.75) is 12.2 Å². The van der Waals surface area contributed by atoms with Crippen molar-refractivity contribution in [2.75, 3.05) is 12.4 Å². The molecule has 1 atom stereocenters. The Bertz CT molecular complexity index is 226. The molecule has 1 N–H and O–H groups in total. The number of hydrogen-bond acceptors (Lipinski definition) is 2. The summed E-state index contributed by atoms with van der Waals surface area (Å²) in [5.41, 5.74) is 1.10. The highest BCUT2D eigenvalue weighted by atomic mass is 32.2. The summed E-state index contributed by atoms with van der Waals surface area (Å²) in [6.07, 6.45) is 0.624. The van der Waals surface area contributed by atoms with Crippen molar-refractivity contribution in [3.05, 3.63) is 35.9 Å². The monoisotopic (exact) mass is 198 g/mol. The lowest BCUT2D eigenvalue weighted by Gasteiger charge is -2.09. The first-order chi connectivity index (χ1) is 6.33. The first-order valence-electron chi connectivity index (χ1n) is 4.32.